The van der Waals surface area contributed by atoms with Crippen LogP contribution < -0.4 is 10.2 Å². The van der Waals surface area contributed by atoms with Gasteiger partial charge in [0.15, 0.2) is 11.5 Å². The fourth-order valence-electron chi connectivity index (χ4n) is 2.60. The molecule has 1 heterocycles. The summed E-state index contributed by atoms with van der Waals surface area (Å²) in [6.45, 7) is 4.10. The van der Waals surface area contributed by atoms with Gasteiger partial charge in [-0.2, -0.15) is 10.2 Å². The third-order valence-electron chi connectivity index (χ3n) is 3.95. The first-order valence-electron chi connectivity index (χ1n) is 8.49. The molecule has 0 atom stereocenters. The van der Waals surface area contributed by atoms with E-state index in [4.69, 9.17) is 4.74 Å². The van der Waals surface area contributed by atoms with Crippen LogP contribution in [0.2, 0.25) is 0 Å². The number of hydrogen-bond acceptors (Lipinski definition) is 5. The number of nitrogens with zero attached hydrogens (tertiary/aromatic N) is 2. The zero-order chi connectivity index (χ0) is 19.2. The lowest BCUT2D eigenvalue weighted by Crippen LogP contribution is -2.19. The van der Waals surface area contributed by atoms with E-state index < -0.39 is 0 Å². The van der Waals surface area contributed by atoms with Crippen LogP contribution in [-0.4, -0.2) is 34.0 Å². The molecule has 27 heavy (non-hydrogen) atoms. The lowest BCUT2D eigenvalue weighted by atomic mass is 10.1. The predicted octanol–water partition coefficient (Wildman–Crippen LogP) is 3.25. The standard InChI is InChI=1S/C20H20N4O3/c1-3-27-17-11-14(9-10-16(17)25)12-21-24-20(26)19-13(2)18(22-23-19)15-7-5-4-6-8-15/h4-12,25H,3H2,1-2H3,(H,22,23)(H,24,26). The first-order chi connectivity index (χ1) is 13.1. The lowest BCUT2D eigenvalue weighted by Gasteiger charge is -2.06. The van der Waals surface area contributed by atoms with E-state index in [1.165, 1.54) is 12.3 Å². The molecule has 0 aliphatic rings. The molecule has 3 N–H and O–H groups in total. The molecule has 0 saturated heterocycles. The maximum atomic E-state index is 12.4. The number of aromatic hydroxyl groups is 1. The van der Waals surface area contributed by atoms with Gasteiger partial charge in [-0.05, 0) is 37.6 Å². The first kappa shape index (κ1) is 18.2. The largest absolute Gasteiger partial charge is 0.504 e. The molecule has 0 spiro atoms. The Labute approximate surface area is 156 Å². The van der Waals surface area contributed by atoms with Crippen molar-refractivity contribution < 1.29 is 14.6 Å². The van der Waals surface area contributed by atoms with E-state index in [1.54, 1.807) is 12.1 Å². The Balaban J connectivity index is 1.71. The van der Waals surface area contributed by atoms with Gasteiger partial charge in [-0.25, -0.2) is 5.43 Å². The van der Waals surface area contributed by atoms with Gasteiger partial charge in [-0.3, -0.25) is 9.89 Å². The van der Waals surface area contributed by atoms with Crippen LogP contribution in [0.3, 0.4) is 0 Å². The number of carbonyl (C=O) groups is 1. The lowest BCUT2D eigenvalue weighted by molar-refractivity contribution is 0.0949. The number of phenols is 1. The maximum Gasteiger partial charge on any atom is 0.289 e. The molecule has 0 fully saturated rings. The summed E-state index contributed by atoms with van der Waals surface area (Å²) in [5.74, 6) is 0.0338. The van der Waals surface area contributed by atoms with Crippen molar-refractivity contribution in [1.82, 2.24) is 15.6 Å². The van der Waals surface area contributed by atoms with Gasteiger partial charge in [0.05, 0.1) is 18.5 Å². The molecule has 0 aliphatic carbocycles. The minimum Gasteiger partial charge on any atom is -0.504 e. The van der Waals surface area contributed by atoms with Crippen molar-refractivity contribution in [2.45, 2.75) is 13.8 Å². The number of aromatic nitrogens is 2. The third-order valence-corrected chi connectivity index (χ3v) is 3.95. The number of aromatic amines is 1. The maximum absolute atomic E-state index is 12.4. The molecule has 1 aromatic heterocycles. The third kappa shape index (κ3) is 4.14. The van der Waals surface area contributed by atoms with Crippen LogP contribution in [0.1, 0.15) is 28.5 Å². The van der Waals surface area contributed by atoms with E-state index in [1.807, 2.05) is 44.2 Å². The van der Waals surface area contributed by atoms with E-state index >= 15 is 0 Å². The fraction of sp³-hybridized carbons (Fsp3) is 0.150. The molecule has 138 valence electrons. The van der Waals surface area contributed by atoms with E-state index in [0.29, 0.717) is 23.6 Å². The predicted molar refractivity (Wildman–Crippen MR) is 103 cm³/mol. The Morgan fingerprint density at radius 3 is 2.81 bits per heavy atom. The van der Waals surface area contributed by atoms with Crippen LogP contribution >= 0.6 is 0 Å². The number of H-pyrrole nitrogens is 1. The summed E-state index contributed by atoms with van der Waals surface area (Å²) < 4.78 is 5.32. The number of ether oxygens (including phenoxy) is 1. The van der Waals surface area contributed by atoms with Gasteiger partial charge < -0.3 is 9.84 Å². The molecule has 0 bridgehead atoms. The molecule has 7 heteroatoms. The normalized spacial score (nSPS) is 10.9. The molecule has 2 aromatic carbocycles. The fourth-order valence-corrected chi connectivity index (χ4v) is 2.60. The summed E-state index contributed by atoms with van der Waals surface area (Å²) >= 11 is 0. The van der Waals surface area contributed by atoms with Crippen molar-refractivity contribution in [2.24, 2.45) is 5.10 Å². The molecule has 3 rings (SSSR count). The van der Waals surface area contributed by atoms with Gasteiger partial charge in [-0.15, -0.1) is 0 Å². The summed E-state index contributed by atoms with van der Waals surface area (Å²) in [5, 5.41) is 20.7. The van der Waals surface area contributed by atoms with Gasteiger partial charge in [0.2, 0.25) is 0 Å². The van der Waals surface area contributed by atoms with Gasteiger partial charge in [-0.1, -0.05) is 30.3 Å². The summed E-state index contributed by atoms with van der Waals surface area (Å²) in [5.41, 5.74) is 5.92. The number of amides is 1. The van der Waals surface area contributed by atoms with Crippen LogP contribution in [0.25, 0.3) is 11.3 Å². The van der Waals surface area contributed by atoms with E-state index in [0.717, 1.165) is 16.8 Å². The Hall–Kier alpha value is -3.61. The van der Waals surface area contributed by atoms with Crippen LogP contribution in [0.4, 0.5) is 0 Å². The summed E-state index contributed by atoms with van der Waals surface area (Å²) in [6, 6.07) is 14.5. The van der Waals surface area contributed by atoms with Crippen molar-refractivity contribution in [1.29, 1.82) is 0 Å². The second-order valence-corrected chi connectivity index (χ2v) is 5.80. The Kier molecular flexibility index (Phi) is 5.51. The zero-order valence-electron chi connectivity index (χ0n) is 15.1. The minimum absolute atomic E-state index is 0.0551. The second-order valence-electron chi connectivity index (χ2n) is 5.80. The number of benzene rings is 2. The quantitative estimate of drug-likeness (QED) is 0.462. The van der Waals surface area contributed by atoms with E-state index in [9.17, 15) is 9.90 Å². The minimum atomic E-state index is -0.387. The smallest absolute Gasteiger partial charge is 0.289 e. The van der Waals surface area contributed by atoms with Crippen LogP contribution in [0.5, 0.6) is 11.5 Å². The number of carbonyl (C=O) groups excluding carboxylic acids is 1. The molecule has 0 aliphatic heterocycles. The van der Waals surface area contributed by atoms with Crippen LogP contribution in [0, 0.1) is 6.92 Å². The van der Waals surface area contributed by atoms with Gasteiger partial charge in [0, 0.05) is 11.1 Å². The highest BCUT2D eigenvalue weighted by Gasteiger charge is 2.16. The van der Waals surface area contributed by atoms with E-state index in [2.05, 4.69) is 20.7 Å². The molecule has 0 saturated carbocycles. The van der Waals surface area contributed by atoms with Crippen molar-refractivity contribution in [3.05, 3.63) is 65.4 Å². The van der Waals surface area contributed by atoms with Crippen molar-refractivity contribution in [3.8, 4) is 22.8 Å². The van der Waals surface area contributed by atoms with E-state index in [-0.39, 0.29) is 11.7 Å². The number of rotatable bonds is 6. The number of hydrazone groups is 1. The summed E-state index contributed by atoms with van der Waals surface area (Å²) in [4.78, 5) is 12.4. The Morgan fingerprint density at radius 2 is 2.07 bits per heavy atom. The number of hydrogen-bond donors (Lipinski definition) is 3. The molecule has 0 unspecified atom stereocenters. The molecule has 0 radical (unpaired) electrons. The molecular formula is C20H20N4O3. The monoisotopic (exact) mass is 364 g/mol. The number of phenolic OH excluding ortho intramolecular Hbond substituents is 1. The van der Waals surface area contributed by atoms with Crippen molar-refractivity contribution in [3.63, 3.8) is 0 Å². The average molecular weight is 364 g/mol. The highest BCUT2D eigenvalue weighted by Crippen LogP contribution is 2.26. The average Bonchev–Trinajstić information content (AvgIpc) is 3.06. The first-order valence-corrected chi connectivity index (χ1v) is 8.49. The highest BCUT2D eigenvalue weighted by atomic mass is 16.5. The molecule has 3 aromatic rings. The van der Waals surface area contributed by atoms with Crippen molar-refractivity contribution in [2.75, 3.05) is 6.61 Å². The molecule has 7 nitrogen and oxygen atoms in total. The zero-order valence-corrected chi connectivity index (χ0v) is 15.1. The summed E-state index contributed by atoms with van der Waals surface area (Å²) in [6.07, 6.45) is 1.48. The van der Waals surface area contributed by atoms with Crippen molar-refractivity contribution >= 4 is 12.1 Å². The topological polar surface area (TPSA) is 99.6 Å². The highest BCUT2D eigenvalue weighted by molar-refractivity contribution is 5.96. The Bertz CT molecular complexity index is 965. The van der Waals surface area contributed by atoms with Gasteiger partial charge in [0.25, 0.3) is 5.91 Å². The Morgan fingerprint density at radius 1 is 1.30 bits per heavy atom. The van der Waals surface area contributed by atoms with Crippen LogP contribution in [-0.2, 0) is 0 Å². The SMILES string of the molecule is CCOc1cc(C=NNC(=O)c2[nH]nc(-c3ccccc3)c2C)ccc1O. The second kappa shape index (κ2) is 8.18. The summed E-state index contributed by atoms with van der Waals surface area (Å²) in [7, 11) is 0. The van der Waals surface area contributed by atoms with Gasteiger partial charge >= 0.3 is 0 Å². The van der Waals surface area contributed by atoms with Crippen LogP contribution in [0.15, 0.2) is 53.6 Å². The molecular weight excluding hydrogens is 344 g/mol. The number of nitrogens with one attached hydrogen (secondary N) is 2. The van der Waals surface area contributed by atoms with Gasteiger partial charge in [0.1, 0.15) is 5.69 Å². The molecule has 1 amide bonds.